The topological polar surface area (TPSA) is 60.9 Å². The highest BCUT2D eigenvalue weighted by molar-refractivity contribution is 6.04. The van der Waals surface area contributed by atoms with Gasteiger partial charge >= 0.3 is 0 Å². The fourth-order valence-corrected chi connectivity index (χ4v) is 3.80. The van der Waals surface area contributed by atoms with Gasteiger partial charge in [-0.25, -0.2) is 4.39 Å². The molecule has 3 aromatic rings. The van der Waals surface area contributed by atoms with E-state index in [1.54, 1.807) is 6.21 Å². The predicted octanol–water partition coefficient (Wildman–Crippen LogP) is 4.75. The predicted molar refractivity (Wildman–Crippen MR) is 114 cm³/mol. The number of nitrogens with zero attached hydrogens (tertiary/aromatic N) is 2. The molecule has 0 amide bonds. The molecule has 1 atom stereocenters. The molecule has 1 saturated heterocycles. The van der Waals surface area contributed by atoms with Gasteiger partial charge in [0.2, 0.25) is 0 Å². The van der Waals surface area contributed by atoms with E-state index in [0.29, 0.717) is 25.1 Å². The molecule has 1 aliphatic rings. The largest absolute Gasteiger partial charge is 0.494 e. The standard InChI is InChI=1S/C23H26FN3O2/c1-16-4-2-5-21-22(16)20(23(28)26-21)14-25-18-6-8-19(9-7-18)29-13-3-11-27-12-10-17(24)15-27/h2,4-9,14,17,26,28H,3,10-13,15H2,1H3. The van der Waals surface area contributed by atoms with Gasteiger partial charge < -0.3 is 19.7 Å². The third-order valence-corrected chi connectivity index (χ3v) is 5.33. The normalized spacial score (nSPS) is 17.5. The van der Waals surface area contributed by atoms with E-state index in [9.17, 15) is 9.50 Å². The Morgan fingerprint density at radius 1 is 1.28 bits per heavy atom. The molecule has 1 fully saturated rings. The minimum atomic E-state index is -0.667. The quantitative estimate of drug-likeness (QED) is 0.448. The van der Waals surface area contributed by atoms with Crippen LogP contribution in [0.1, 0.15) is 24.0 Å². The first-order chi connectivity index (χ1) is 14.1. The molecule has 29 heavy (non-hydrogen) atoms. The summed E-state index contributed by atoms with van der Waals surface area (Å²) in [5, 5.41) is 11.2. The van der Waals surface area contributed by atoms with Gasteiger partial charge in [0.05, 0.1) is 17.9 Å². The summed E-state index contributed by atoms with van der Waals surface area (Å²) < 4.78 is 18.9. The summed E-state index contributed by atoms with van der Waals surface area (Å²) in [6.45, 7) is 4.89. The first kappa shape index (κ1) is 19.5. The lowest BCUT2D eigenvalue weighted by Crippen LogP contribution is -2.23. The minimum Gasteiger partial charge on any atom is -0.494 e. The number of fused-ring (bicyclic) bond motifs is 1. The number of benzene rings is 2. The van der Waals surface area contributed by atoms with Crippen LogP contribution in [0.4, 0.5) is 10.1 Å². The van der Waals surface area contributed by atoms with Crippen molar-refractivity contribution in [2.75, 3.05) is 26.2 Å². The summed E-state index contributed by atoms with van der Waals surface area (Å²) >= 11 is 0. The zero-order valence-electron chi connectivity index (χ0n) is 16.6. The number of aromatic nitrogens is 1. The molecule has 2 aromatic carbocycles. The number of halogens is 1. The Bertz CT molecular complexity index is 997. The highest BCUT2D eigenvalue weighted by atomic mass is 19.1. The summed E-state index contributed by atoms with van der Waals surface area (Å²) in [5.41, 5.74) is 3.45. The molecule has 0 bridgehead atoms. The van der Waals surface area contributed by atoms with Gasteiger partial charge in [-0.15, -0.1) is 0 Å². The zero-order chi connectivity index (χ0) is 20.2. The zero-order valence-corrected chi connectivity index (χ0v) is 16.6. The maximum absolute atomic E-state index is 13.2. The lowest BCUT2D eigenvalue weighted by atomic mass is 10.1. The van der Waals surface area contributed by atoms with Gasteiger partial charge in [-0.1, -0.05) is 12.1 Å². The van der Waals surface area contributed by atoms with Gasteiger partial charge in [0, 0.05) is 36.8 Å². The minimum absolute atomic E-state index is 0.120. The molecule has 1 aromatic heterocycles. The van der Waals surface area contributed by atoms with E-state index < -0.39 is 6.17 Å². The van der Waals surface area contributed by atoms with E-state index in [-0.39, 0.29) is 5.88 Å². The Labute approximate surface area is 169 Å². The summed E-state index contributed by atoms with van der Waals surface area (Å²) in [7, 11) is 0. The molecule has 0 spiro atoms. The number of alkyl halides is 1. The highest BCUT2D eigenvalue weighted by Gasteiger charge is 2.20. The van der Waals surface area contributed by atoms with Crippen LogP contribution in [0.15, 0.2) is 47.5 Å². The van der Waals surface area contributed by atoms with E-state index in [1.807, 2.05) is 49.4 Å². The van der Waals surface area contributed by atoms with Crippen LogP contribution in [0.5, 0.6) is 11.6 Å². The number of nitrogens with one attached hydrogen (secondary N) is 1. The first-order valence-electron chi connectivity index (χ1n) is 10.0. The Hall–Kier alpha value is -2.86. The van der Waals surface area contributed by atoms with Crippen LogP contribution in [0.3, 0.4) is 0 Å². The summed E-state index contributed by atoms with van der Waals surface area (Å²) in [4.78, 5) is 9.63. The number of aliphatic imine (C=N–C) groups is 1. The van der Waals surface area contributed by atoms with Crippen molar-refractivity contribution in [1.82, 2.24) is 9.88 Å². The average Bonchev–Trinajstić information content (AvgIpc) is 3.27. The number of aromatic hydroxyl groups is 1. The van der Waals surface area contributed by atoms with E-state index in [1.165, 1.54) is 0 Å². The number of ether oxygens (including phenoxy) is 1. The van der Waals surface area contributed by atoms with Crippen LogP contribution in [0, 0.1) is 6.92 Å². The van der Waals surface area contributed by atoms with Gasteiger partial charge in [-0.05, 0) is 55.7 Å². The van der Waals surface area contributed by atoms with Crippen molar-refractivity contribution >= 4 is 22.8 Å². The fraction of sp³-hybridized carbons (Fsp3) is 0.348. The number of aryl methyl sites for hydroxylation is 1. The van der Waals surface area contributed by atoms with E-state index in [0.717, 1.165) is 47.4 Å². The number of hydrogen-bond donors (Lipinski definition) is 2. The fourth-order valence-electron chi connectivity index (χ4n) is 3.80. The van der Waals surface area contributed by atoms with Crippen molar-refractivity contribution < 1.29 is 14.2 Å². The summed E-state index contributed by atoms with van der Waals surface area (Å²) in [6.07, 6.45) is 2.55. The van der Waals surface area contributed by atoms with Gasteiger partial charge in [0.15, 0.2) is 5.88 Å². The van der Waals surface area contributed by atoms with Crippen LogP contribution in [0.25, 0.3) is 10.9 Å². The third-order valence-electron chi connectivity index (χ3n) is 5.33. The monoisotopic (exact) mass is 395 g/mol. The van der Waals surface area contributed by atoms with Gasteiger partial charge in [0.25, 0.3) is 0 Å². The molecule has 2 N–H and O–H groups in total. The number of likely N-dealkylation sites (tertiary alicyclic amines) is 1. The van der Waals surface area contributed by atoms with E-state index in [4.69, 9.17) is 4.74 Å². The molecular weight excluding hydrogens is 369 g/mol. The SMILES string of the molecule is Cc1cccc2[nH]c(O)c(C=Nc3ccc(OCCCN4CCC(F)C4)cc3)c12. The van der Waals surface area contributed by atoms with Gasteiger partial charge in [-0.3, -0.25) is 4.99 Å². The third kappa shape index (κ3) is 4.59. The molecule has 152 valence electrons. The van der Waals surface area contributed by atoms with Gasteiger partial charge in [-0.2, -0.15) is 0 Å². The smallest absolute Gasteiger partial charge is 0.198 e. The second-order valence-electron chi connectivity index (χ2n) is 7.53. The van der Waals surface area contributed by atoms with Crippen molar-refractivity contribution in [1.29, 1.82) is 0 Å². The molecule has 4 rings (SSSR count). The Balaban J connectivity index is 1.33. The maximum atomic E-state index is 13.2. The van der Waals surface area contributed by atoms with Crippen LogP contribution in [-0.2, 0) is 0 Å². The van der Waals surface area contributed by atoms with Crippen molar-refractivity contribution in [3.05, 3.63) is 53.6 Å². The van der Waals surface area contributed by atoms with Crippen LogP contribution in [-0.4, -0.2) is 53.6 Å². The van der Waals surface area contributed by atoms with Gasteiger partial charge in [0.1, 0.15) is 11.9 Å². The summed E-state index contributed by atoms with van der Waals surface area (Å²) in [6, 6.07) is 13.5. The first-order valence-corrected chi connectivity index (χ1v) is 10.0. The Morgan fingerprint density at radius 2 is 2.10 bits per heavy atom. The highest BCUT2D eigenvalue weighted by Crippen LogP contribution is 2.29. The van der Waals surface area contributed by atoms with Crippen LogP contribution in [0.2, 0.25) is 0 Å². The Kier molecular flexibility index (Phi) is 5.81. The molecule has 0 saturated carbocycles. The summed E-state index contributed by atoms with van der Waals surface area (Å²) in [5.74, 6) is 0.912. The molecule has 1 unspecified atom stereocenters. The lowest BCUT2D eigenvalue weighted by Gasteiger charge is -2.14. The molecule has 0 radical (unpaired) electrons. The molecule has 0 aliphatic carbocycles. The second kappa shape index (κ2) is 8.66. The molecule has 5 nitrogen and oxygen atoms in total. The van der Waals surface area contributed by atoms with Crippen molar-refractivity contribution in [2.24, 2.45) is 4.99 Å². The molecule has 1 aliphatic heterocycles. The number of H-pyrrole nitrogens is 1. The molecular formula is C23H26FN3O2. The van der Waals surface area contributed by atoms with E-state index in [2.05, 4.69) is 14.9 Å². The lowest BCUT2D eigenvalue weighted by molar-refractivity contribution is 0.248. The van der Waals surface area contributed by atoms with Crippen LogP contribution >= 0.6 is 0 Å². The maximum Gasteiger partial charge on any atom is 0.198 e. The average molecular weight is 395 g/mol. The second-order valence-corrected chi connectivity index (χ2v) is 7.53. The number of rotatable bonds is 7. The van der Waals surface area contributed by atoms with Crippen LogP contribution < -0.4 is 4.74 Å². The Morgan fingerprint density at radius 3 is 2.86 bits per heavy atom. The van der Waals surface area contributed by atoms with Crippen molar-refractivity contribution in [3.63, 3.8) is 0 Å². The van der Waals surface area contributed by atoms with Crippen molar-refractivity contribution in [3.8, 4) is 11.6 Å². The molecule has 2 heterocycles. The number of aromatic amines is 1. The van der Waals surface area contributed by atoms with Crippen molar-refractivity contribution in [2.45, 2.75) is 25.9 Å². The number of hydrogen-bond acceptors (Lipinski definition) is 4. The van der Waals surface area contributed by atoms with E-state index >= 15 is 0 Å². The molecule has 6 heteroatoms.